The number of nitrogens with zero attached hydrogens (tertiary/aromatic N) is 2. The predicted octanol–water partition coefficient (Wildman–Crippen LogP) is 3.75. The smallest absolute Gasteiger partial charge is 0.201 e. The van der Waals surface area contributed by atoms with Crippen molar-refractivity contribution in [2.45, 2.75) is 18.9 Å². The number of aromatic nitrogens is 2. The van der Waals surface area contributed by atoms with E-state index in [2.05, 4.69) is 17.1 Å². The van der Waals surface area contributed by atoms with Crippen LogP contribution < -0.4 is 5.73 Å². The number of nitrogen functional groups attached to an aromatic ring is 1. The Morgan fingerprint density at radius 2 is 1.86 bits per heavy atom. The molecule has 1 heterocycles. The van der Waals surface area contributed by atoms with Gasteiger partial charge in [0.05, 0.1) is 16.1 Å². The molecule has 3 nitrogen and oxygen atoms in total. The van der Waals surface area contributed by atoms with Crippen LogP contribution in [0.4, 0.5) is 10.3 Å². The summed E-state index contributed by atoms with van der Waals surface area (Å²) >= 11 is 5.82. The molecule has 0 unspecified atom stereocenters. The van der Waals surface area contributed by atoms with Crippen molar-refractivity contribution in [2.75, 3.05) is 5.73 Å². The molecule has 1 aliphatic rings. The number of rotatable bonds is 1. The van der Waals surface area contributed by atoms with Crippen molar-refractivity contribution < 1.29 is 4.39 Å². The molecule has 0 aliphatic heterocycles. The van der Waals surface area contributed by atoms with E-state index in [1.165, 1.54) is 23.3 Å². The average molecular weight is 302 g/mol. The van der Waals surface area contributed by atoms with Gasteiger partial charge in [0.2, 0.25) is 5.95 Å². The summed E-state index contributed by atoms with van der Waals surface area (Å²) in [5.74, 6) is -0.0368. The molecule has 0 amide bonds. The quantitative estimate of drug-likeness (QED) is 0.744. The molecule has 21 heavy (non-hydrogen) atoms. The lowest BCUT2D eigenvalue weighted by Gasteiger charge is -2.14. The molecule has 0 fully saturated rings. The lowest BCUT2D eigenvalue weighted by molar-refractivity contribution is 0.549. The van der Waals surface area contributed by atoms with E-state index in [-0.39, 0.29) is 11.1 Å². The van der Waals surface area contributed by atoms with E-state index in [9.17, 15) is 4.39 Å². The van der Waals surface area contributed by atoms with E-state index >= 15 is 0 Å². The molecule has 1 aromatic heterocycles. The van der Waals surface area contributed by atoms with E-state index < -0.39 is 5.82 Å². The lowest BCUT2D eigenvalue weighted by atomic mass is 10.1. The second-order valence-electron chi connectivity index (χ2n) is 5.43. The summed E-state index contributed by atoms with van der Waals surface area (Å²) in [5, 5.41) is 0.0712. The van der Waals surface area contributed by atoms with E-state index in [1.807, 2.05) is 16.7 Å². The van der Waals surface area contributed by atoms with Crippen molar-refractivity contribution in [3.63, 3.8) is 0 Å². The van der Waals surface area contributed by atoms with Gasteiger partial charge in [-0.2, -0.15) is 0 Å². The molecule has 2 aromatic carbocycles. The van der Waals surface area contributed by atoms with Gasteiger partial charge >= 0.3 is 0 Å². The summed E-state index contributed by atoms with van der Waals surface area (Å²) in [4.78, 5) is 4.31. The number of benzene rings is 2. The highest BCUT2D eigenvalue weighted by molar-refractivity contribution is 6.31. The molecule has 5 heteroatoms. The molecule has 0 spiro atoms. The Morgan fingerprint density at radius 1 is 1.19 bits per heavy atom. The van der Waals surface area contributed by atoms with Crippen LogP contribution in [-0.2, 0) is 12.8 Å². The van der Waals surface area contributed by atoms with Crippen LogP contribution in [0.3, 0.4) is 0 Å². The van der Waals surface area contributed by atoms with Crippen molar-refractivity contribution in [3.8, 4) is 0 Å². The zero-order valence-corrected chi connectivity index (χ0v) is 11.9. The Morgan fingerprint density at radius 3 is 2.52 bits per heavy atom. The molecule has 0 atom stereocenters. The Hall–Kier alpha value is -2.07. The largest absolute Gasteiger partial charge is 0.369 e. The molecule has 1 aliphatic carbocycles. The second-order valence-corrected chi connectivity index (χ2v) is 5.83. The number of anilines is 1. The van der Waals surface area contributed by atoms with Gasteiger partial charge in [-0.05, 0) is 30.0 Å². The molecular formula is C16H13ClFN3. The Balaban J connectivity index is 1.85. The third-order valence-electron chi connectivity index (χ3n) is 4.15. The fraction of sp³-hybridized carbons (Fsp3) is 0.188. The van der Waals surface area contributed by atoms with Gasteiger partial charge in [-0.15, -0.1) is 0 Å². The maximum atomic E-state index is 13.8. The van der Waals surface area contributed by atoms with E-state index in [0.29, 0.717) is 17.0 Å². The number of imidazole rings is 1. The van der Waals surface area contributed by atoms with Crippen LogP contribution in [0.5, 0.6) is 0 Å². The minimum absolute atomic E-state index is 0.0712. The van der Waals surface area contributed by atoms with Crippen molar-refractivity contribution in [1.29, 1.82) is 0 Å². The monoisotopic (exact) mass is 301 g/mol. The normalized spacial score (nSPS) is 14.8. The highest BCUT2D eigenvalue weighted by Crippen LogP contribution is 2.35. The van der Waals surface area contributed by atoms with Gasteiger partial charge in [0, 0.05) is 12.1 Å². The Kier molecular flexibility index (Phi) is 2.69. The first-order valence-electron chi connectivity index (χ1n) is 6.82. The maximum absolute atomic E-state index is 13.8. The fourth-order valence-corrected chi connectivity index (χ4v) is 3.37. The van der Waals surface area contributed by atoms with Gasteiger partial charge < -0.3 is 10.3 Å². The molecule has 0 bridgehead atoms. The van der Waals surface area contributed by atoms with Crippen molar-refractivity contribution in [2.24, 2.45) is 0 Å². The van der Waals surface area contributed by atoms with Gasteiger partial charge in [-0.1, -0.05) is 35.9 Å². The standard InChI is InChI=1S/C16H13ClFN3/c17-12-7-14-15(8-13(12)18)21(16(19)20-14)11-5-9-3-1-2-4-10(9)6-11/h1-4,7-8,11H,5-6H2,(H2,19,20). The molecule has 4 rings (SSSR count). The zero-order valence-electron chi connectivity index (χ0n) is 11.2. The van der Waals surface area contributed by atoms with Gasteiger partial charge in [-0.3, -0.25) is 0 Å². The number of hydrogen-bond donors (Lipinski definition) is 1. The van der Waals surface area contributed by atoms with Gasteiger partial charge in [0.1, 0.15) is 5.82 Å². The summed E-state index contributed by atoms with van der Waals surface area (Å²) in [6, 6.07) is 11.5. The molecule has 3 aromatic rings. The van der Waals surface area contributed by atoms with Crippen LogP contribution in [0.25, 0.3) is 11.0 Å². The minimum Gasteiger partial charge on any atom is -0.369 e. The fourth-order valence-electron chi connectivity index (χ4n) is 3.21. The van der Waals surface area contributed by atoms with Crippen molar-refractivity contribution >= 4 is 28.6 Å². The topological polar surface area (TPSA) is 43.8 Å². The van der Waals surface area contributed by atoms with Crippen LogP contribution in [0.2, 0.25) is 5.02 Å². The van der Waals surface area contributed by atoms with Crippen molar-refractivity contribution in [3.05, 3.63) is 58.4 Å². The first-order chi connectivity index (χ1) is 10.1. The molecular weight excluding hydrogens is 289 g/mol. The number of nitrogens with two attached hydrogens (primary N) is 1. The molecule has 0 radical (unpaired) electrons. The number of fused-ring (bicyclic) bond motifs is 2. The summed E-state index contributed by atoms with van der Waals surface area (Å²) in [6.07, 6.45) is 1.77. The molecule has 0 saturated carbocycles. The van der Waals surface area contributed by atoms with E-state index in [0.717, 1.165) is 12.8 Å². The first-order valence-corrected chi connectivity index (χ1v) is 7.20. The summed E-state index contributed by atoms with van der Waals surface area (Å²) in [7, 11) is 0. The number of halogens is 2. The van der Waals surface area contributed by atoms with Crippen LogP contribution >= 0.6 is 11.6 Å². The van der Waals surface area contributed by atoms with Gasteiger partial charge in [-0.25, -0.2) is 9.37 Å². The van der Waals surface area contributed by atoms with Crippen LogP contribution in [0, 0.1) is 5.82 Å². The Labute approximate surface area is 126 Å². The highest BCUT2D eigenvalue weighted by atomic mass is 35.5. The average Bonchev–Trinajstić information content (AvgIpc) is 2.99. The summed E-state index contributed by atoms with van der Waals surface area (Å²) in [5.41, 5.74) is 10.0. The third-order valence-corrected chi connectivity index (χ3v) is 4.44. The maximum Gasteiger partial charge on any atom is 0.201 e. The highest BCUT2D eigenvalue weighted by Gasteiger charge is 2.26. The molecule has 0 saturated heterocycles. The van der Waals surface area contributed by atoms with Crippen LogP contribution in [0.15, 0.2) is 36.4 Å². The molecule has 2 N–H and O–H groups in total. The summed E-state index contributed by atoms with van der Waals surface area (Å²) in [6.45, 7) is 0. The van der Waals surface area contributed by atoms with E-state index in [4.69, 9.17) is 17.3 Å². The second kappa shape index (κ2) is 4.46. The molecule has 106 valence electrons. The third kappa shape index (κ3) is 1.90. The lowest BCUT2D eigenvalue weighted by Crippen LogP contribution is -2.12. The Bertz CT molecular complexity index is 831. The SMILES string of the molecule is Nc1nc2cc(Cl)c(F)cc2n1C1Cc2ccccc2C1. The first kappa shape index (κ1) is 12.7. The van der Waals surface area contributed by atoms with Crippen LogP contribution in [0.1, 0.15) is 17.2 Å². The van der Waals surface area contributed by atoms with Crippen LogP contribution in [-0.4, -0.2) is 9.55 Å². The number of hydrogen-bond acceptors (Lipinski definition) is 2. The minimum atomic E-state index is -0.444. The zero-order chi connectivity index (χ0) is 14.6. The van der Waals surface area contributed by atoms with Gasteiger partial charge in [0.15, 0.2) is 0 Å². The predicted molar refractivity (Wildman–Crippen MR) is 82.0 cm³/mol. The van der Waals surface area contributed by atoms with Crippen molar-refractivity contribution in [1.82, 2.24) is 9.55 Å². The van der Waals surface area contributed by atoms with E-state index in [1.54, 1.807) is 0 Å². The van der Waals surface area contributed by atoms with Gasteiger partial charge in [0.25, 0.3) is 0 Å². The summed E-state index contributed by atoms with van der Waals surface area (Å²) < 4.78 is 15.7.